The van der Waals surface area contributed by atoms with Crippen molar-refractivity contribution in [3.05, 3.63) is 47.2 Å². The van der Waals surface area contributed by atoms with Gasteiger partial charge in [-0.1, -0.05) is 42.3 Å². The smallest absolute Gasteiger partial charge is 0.257 e. The van der Waals surface area contributed by atoms with Crippen LogP contribution < -0.4 is 5.32 Å². The summed E-state index contributed by atoms with van der Waals surface area (Å²) in [5, 5.41) is 2.83. The summed E-state index contributed by atoms with van der Waals surface area (Å²) in [4.78, 5) is 37.3. The Balaban J connectivity index is 2.28. The molecule has 1 heterocycles. The highest BCUT2D eigenvalue weighted by atomic mass is 35.5. The Morgan fingerprint density at radius 2 is 2.09 bits per heavy atom. The molecule has 0 aromatic heterocycles. The molecule has 0 radical (unpaired) electrons. The van der Waals surface area contributed by atoms with Gasteiger partial charge in [0.25, 0.3) is 11.8 Å². The molecule has 0 saturated heterocycles. The fourth-order valence-electron chi connectivity index (χ4n) is 3.46. The Hall–Kier alpha value is -2.78. The van der Waals surface area contributed by atoms with E-state index in [4.69, 9.17) is 22.8 Å². The van der Waals surface area contributed by atoms with Crippen LogP contribution >= 0.6 is 11.6 Å². The molecule has 186 valence electrons. The molecule has 1 N–H and O–H groups in total. The number of rotatable bonds is 15. The van der Waals surface area contributed by atoms with Crippen LogP contribution in [0.4, 0.5) is 0 Å². The van der Waals surface area contributed by atoms with E-state index in [1.807, 2.05) is 6.08 Å². The lowest BCUT2D eigenvalue weighted by Gasteiger charge is -2.18. The summed E-state index contributed by atoms with van der Waals surface area (Å²) in [7, 11) is 1.46. The Kier molecular flexibility index (Phi) is 14.4. The van der Waals surface area contributed by atoms with E-state index in [1.165, 1.54) is 24.8 Å². The third-order valence-corrected chi connectivity index (χ3v) is 5.85. The molecule has 1 rings (SSSR count). The van der Waals surface area contributed by atoms with Crippen LogP contribution in [0.15, 0.2) is 47.2 Å². The normalized spacial score (nSPS) is 17.2. The predicted octanol–water partition coefficient (Wildman–Crippen LogP) is 5.02. The zero-order valence-electron chi connectivity index (χ0n) is 20.5. The minimum atomic E-state index is -0.425. The van der Waals surface area contributed by atoms with Crippen LogP contribution in [0.2, 0.25) is 0 Å². The molecule has 0 saturated carbocycles. The highest BCUT2D eigenvalue weighted by Gasteiger charge is 2.27. The third-order valence-electron chi connectivity index (χ3n) is 5.54. The SMILES string of the molecule is C#CCCC/C(=C\Cl)CC[C@H](C)/C=C/CCC(=O)NCC/C(=C\C(=O)N1C(=O)C=C[C@@H]1C)OC. The molecule has 1 aliphatic heterocycles. The molecule has 0 fully saturated rings. The Morgan fingerprint density at radius 3 is 2.71 bits per heavy atom. The number of methoxy groups -OCH3 is 1. The summed E-state index contributed by atoms with van der Waals surface area (Å²) in [6.45, 7) is 4.27. The summed E-state index contributed by atoms with van der Waals surface area (Å²) in [6.07, 6.45) is 19.8. The van der Waals surface area contributed by atoms with E-state index in [0.717, 1.165) is 37.0 Å². The van der Waals surface area contributed by atoms with Crippen molar-refractivity contribution in [2.45, 2.75) is 71.3 Å². The van der Waals surface area contributed by atoms with Crippen molar-refractivity contribution in [3.8, 4) is 12.3 Å². The molecule has 1 aliphatic rings. The van der Waals surface area contributed by atoms with Crippen LogP contribution in [0.3, 0.4) is 0 Å². The highest BCUT2D eigenvalue weighted by molar-refractivity contribution is 6.25. The summed E-state index contributed by atoms with van der Waals surface area (Å²) in [5.74, 6) is 2.63. The van der Waals surface area contributed by atoms with E-state index >= 15 is 0 Å². The topological polar surface area (TPSA) is 75.7 Å². The van der Waals surface area contributed by atoms with Gasteiger partial charge >= 0.3 is 0 Å². The van der Waals surface area contributed by atoms with E-state index < -0.39 is 5.91 Å². The molecule has 34 heavy (non-hydrogen) atoms. The van der Waals surface area contributed by atoms with Crippen molar-refractivity contribution in [1.29, 1.82) is 0 Å². The average molecular weight is 489 g/mol. The van der Waals surface area contributed by atoms with Crippen LogP contribution in [0.25, 0.3) is 0 Å². The van der Waals surface area contributed by atoms with Crippen LogP contribution in [0, 0.1) is 18.3 Å². The minimum Gasteiger partial charge on any atom is -0.501 e. The molecule has 0 aliphatic carbocycles. The maximum Gasteiger partial charge on any atom is 0.257 e. The molecule has 0 bridgehead atoms. The summed E-state index contributed by atoms with van der Waals surface area (Å²) >= 11 is 5.91. The number of imide groups is 1. The van der Waals surface area contributed by atoms with Gasteiger partial charge in [0.15, 0.2) is 0 Å². The number of amides is 3. The van der Waals surface area contributed by atoms with Gasteiger partial charge in [-0.15, -0.1) is 12.3 Å². The molecule has 0 spiro atoms. The minimum absolute atomic E-state index is 0.0625. The lowest BCUT2D eigenvalue weighted by Crippen LogP contribution is -2.37. The molecule has 2 atom stereocenters. The number of carbonyl (C=O) groups excluding carboxylic acids is 3. The number of unbranched alkanes of at least 4 members (excludes halogenated alkanes) is 1. The molecular weight excluding hydrogens is 452 g/mol. The molecular formula is C27H37ClN2O4. The first-order valence-electron chi connectivity index (χ1n) is 11.8. The van der Waals surface area contributed by atoms with Gasteiger partial charge in [-0.05, 0) is 44.9 Å². The van der Waals surface area contributed by atoms with Crippen molar-refractivity contribution < 1.29 is 19.1 Å². The molecule has 6 nitrogen and oxygen atoms in total. The van der Waals surface area contributed by atoms with Crippen molar-refractivity contribution in [2.75, 3.05) is 13.7 Å². The standard InChI is InChI=1S/C27H37ClN2O4/c1-5-6-7-11-23(20-28)15-13-21(2)10-8-9-12-25(31)29-18-17-24(34-4)19-27(33)30-22(3)14-16-26(30)32/h1,8,10,14,16,19-22H,6-7,9,11-13,15,17-18H2,2-4H3,(H,29,31)/b10-8+,23-20+,24-19+/t21-,22+/m1/s1. The van der Waals surface area contributed by atoms with E-state index in [2.05, 4.69) is 24.2 Å². The molecule has 3 amide bonds. The van der Waals surface area contributed by atoms with Gasteiger partial charge in [-0.2, -0.15) is 0 Å². The van der Waals surface area contributed by atoms with Crippen molar-refractivity contribution in [2.24, 2.45) is 5.92 Å². The number of allylic oxidation sites excluding steroid dienone is 3. The highest BCUT2D eigenvalue weighted by Crippen LogP contribution is 2.19. The quantitative estimate of drug-likeness (QED) is 0.115. The van der Waals surface area contributed by atoms with E-state index in [1.54, 1.807) is 18.5 Å². The second kappa shape index (κ2) is 16.8. The second-order valence-electron chi connectivity index (χ2n) is 8.37. The third kappa shape index (κ3) is 11.4. The maximum absolute atomic E-state index is 12.3. The number of hydrogen-bond donors (Lipinski definition) is 1. The lowest BCUT2D eigenvalue weighted by atomic mass is 9.98. The first-order valence-corrected chi connectivity index (χ1v) is 12.2. The van der Waals surface area contributed by atoms with Gasteiger partial charge in [0.05, 0.1) is 13.2 Å². The summed E-state index contributed by atoms with van der Waals surface area (Å²) in [5.41, 5.74) is 2.89. The fourth-order valence-corrected chi connectivity index (χ4v) is 3.67. The summed E-state index contributed by atoms with van der Waals surface area (Å²) in [6, 6.07) is -0.275. The van der Waals surface area contributed by atoms with Crippen LogP contribution in [-0.4, -0.2) is 42.3 Å². The Bertz CT molecular complexity index is 851. The number of carbonyl (C=O) groups is 3. The molecule has 0 aromatic rings. The van der Waals surface area contributed by atoms with Crippen LogP contribution in [0.5, 0.6) is 0 Å². The van der Waals surface area contributed by atoms with Crippen LogP contribution in [-0.2, 0) is 19.1 Å². The Morgan fingerprint density at radius 1 is 1.32 bits per heavy atom. The van der Waals surface area contributed by atoms with Gasteiger partial charge in [-0.3, -0.25) is 19.3 Å². The molecule has 0 unspecified atom stereocenters. The number of halogens is 1. The Labute approximate surface area is 209 Å². The number of hydrogen-bond acceptors (Lipinski definition) is 4. The monoisotopic (exact) mass is 488 g/mol. The number of ether oxygens (including phenoxy) is 1. The predicted molar refractivity (Wildman–Crippen MR) is 137 cm³/mol. The first kappa shape index (κ1) is 29.3. The van der Waals surface area contributed by atoms with Gasteiger partial charge < -0.3 is 10.1 Å². The zero-order valence-corrected chi connectivity index (χ0v) is 21.3. The van der Waals surface area contributed by atoms with Crippen molar-refractivity contribution in [3.63, 3.8) is 0 Å². The van der Waals surface area contributed by atoms with Crippen molar-refractivity contribution >= 4 is 29.3 Å². The fraction of sp³-hybridized carbons (Fsp3) is 0.519. The number of nitrogens with zero attached hydrogens (tertiary/aromatic N) is 1. The molecule has 7 heteroatoms. The van der Waals surface area contributed by atoms with Gasteiger partial charge in [0, 0.05) is 43.5 Å². The van der Waals surface area contributed by atoms with E-state index in [0.29, 0.717) is 37.5 Å². The van der Waals surface area contributed by atoms with E-state index in [-0.39, 0.29) is 17.9 Å². The average Bonchev–Trinajstić information content (AvgIpc) is 3.16. The molecule has 0 aromatic carbocycles. The maximum atomic E-state index is 12.3. The number of nitrogens with one attached hydrogen (secondary N) is 1. The summed E-state index contributed by atoms with van der Waals surface area (Å²) < 4.78 is 5.23. The van der Waals surface area contributed by atoms with Gasteiger partial charge in [0.1, 0.15) is 5.76 Å². The first-order chi connectivity index (χ1) is 16.3. The largest absolute Gasteiger partial charge is 0.501 e. The van der Waals surface area contributed by atoms with Gasteiger partial charge in [-0.25, -0.2) is 0 Å². The van der Waals surface area contributed by atoms with Crippen molar-refractivity contribution in [1.82, 2.24) is 10.2 Å². The second-order valence-corrected chi connectivity index (χ2v) is 8.59. The van der Waals surface area contributed by atoms with E-state index in [9.17, 15) is 14.4 Å². The van der Waals surface area contributed by atoms with Crippen LogP contribution in [0.1, 0.15) is 65.2 Å². The number of terminal acetylenes is 1. The van der Waals surface area contributed by atoms with Gasteiger partial charge in [0.2, 0.25) is 5.91 Å². The zero-order chi connectivity index (χ0) is 25.3. The lowest BCUT2D eigenvalue weighted by molar-refractivity contribution is -0.139.